The highest BCUT2D eigenvalue weighted by Gasteiger charge is 2.29. The molecular weight excluding hydrogens is 338 g/mol. The van der Waals surface area contributed by atoms with Crippen LogP contribution in [0.5, 0.6) is 0 Å². The number of thioether (sulfide) groups is 1. The van der Waals surface area contributed by atoms with Crippen LogP contribution >= 0.6 is 27.7 Å². The summed E-state index contributed by atoms with van der Waals surface area (Å²) in [5.41, 5.74) is 1.33. The fourth-order valence-electron chi connectivity index (χ4n) is 1.85. The number of fused-ring (bicyclic) bond motifs is 3. The Morgan fingerprint density at radius 1 is 1.20 bits per heavy atom. The van der Waals surface area contributed by atoms with Crippen molar-refractivity contribution in [2.45, 2.75) is 15.7 Å². The SMILES string of the molecule is BrC1C[n+]2c(ccc3ccccc32)S1.[Br-]. The Morgan fingerprint density at radius 2 is 2.00 bits per heavy atom. The summed E-state index contributed by atoms with van der Waals surface area (Å²) in [5.74, 6) is 0. The summed E-state index contributed by atoms with van der Waals surface area (Å²) < 4.78 is 2.90. The van der Waals surface area contributed by atoms with Gasteiger partial charge in [-0.25, -0.2) is 0 Å². The number of para-hydroxylation sites is 1. The first-order valence-electron chi connectivity index (χ1n) is 4.57. The Kier molecular flexibility index (Phi) is 3.38. The summed E-state index contributed by atoms with van der Waals surface area (Å²) in [4.78, 5) is 0. The van der Waals surface area contributed by atoms with Gasteiger partial charge in [-0.2, -0.15) is 4.57 Å². The molecule has 2 heterocycles. The summed E-state index contributed by atoms with van der Waals surface area (Å²) in [6, 6.07) is 12.9. The lowest BCUT2D eigenvalue weighted by Crippen LogP contribution is -3.00. The first-order valence-corrected chi connectivity index (χ1v) is 6.36. The van der Waals surface area contributed by atoms with Crippen molar-refractivity contribution in [1.82, 2.24) is 0 Å². The second-order valence-electron chi connectivity index (χ2n) is 3.37. The second-order valence-corrected chi connectivity index (χ2v) is 6.30. The van der Waals surface area contributed by atoms with E-state index in [-0.39, 0.29) is 17.0 Å². The second kappa shape index (κ2) is 4.44. The molecule has 0 aliphatic carbocycles. The van der Waals surface area contributed by atoms with Crippen LogP contribution in [0.15, 0.2) is 41.4 Å². The average Bonchev–Trinajstić information content (AvgIpc) is 2.59. The molecule has 0 radical (unpaired) electrons. The van der Waals surface area contributed by atoms with Crippen LogP contribution in [0.1, 0.15) is 0 Å². The van der Waals surface area contributed by atoms with Gasteiger partial charge in [-0.15, -0.1) is 0 Å². The van der Waals surface area contributed by atoms with Gasteiger partial charge in [0.15, 0.2) is 6.54 Å². The van der Waals surface area contributed by atoms with E-state index >= 15 is 0 Å². The van der Waals surface area contributed by atoms with Gasteiger partial charge in [0.25, 0.3) is 0 Å². The molecule has 1 aliphatic rings. The van der Waals surface area contributed by atoms with E-state index in [0.717, 1.165) is 6.54 Å². The Bertz CT molecular complexity index is 501. The minimum absolute atomic E-state index is 0. The third-order valence-electron chi connectivity index (χ3n) is 2.47. The summed E-state index contributed by atoms with van der Waals surface area (Å²) in [7, 11) is 0. The van der Waals surface area contributed by atoms with Gasteiger partial charge in [0.05, 0.1) is 0 Å². The Labute approximate surface area is 112 Å². The van der Waals surface area contributed by atoms with E-state index in [1.165, 1.54) is 15.9 Å². The Balaban J connectivity index is 0.000000853. The average molecular weight is 347 g/mol. The fraction of sp³-hybridized carbons (Fsp3) is 0.182. The van der Waals surface area contributed by atoms with Crippen molar-refractivity contribution >= 4 is 38.6 Å². The van der Waals surface area contributed by atoms with Crippen LogP contribution in [0.25, 0.3) is 10.9 Å². The molecule has 4 heteroatoms. The number of aromatic nitrogens is 1. The van der Waals surface area contributed by atoms with Gasteiger partial charge < -0.3 is 17.0 Å². The smallest absolute Gasteiger partial charge is 0.241 e. The molecule has 1 aliphatic heterocycles. The topological polar surface area (TPSA) is 3.88 Å². The molecule has 1 aromatic heterocycles. The predicted octanol–water partition coefficient (Wildman–Crippen LogP) is -0.0420. The molecule has 1 aromatic carbocycles. The predicted molar refractivity (Wildman–Crippen MR) is 62.7 cm³/mol. The zero-order valence-electron chi connectivity index (χ0n) is 7.86. The van der Waals surface area contributed by atoms with Gasteiger partial charge >= 0.3 is 0 Å². The van der Waals surface area contributed by atoms with Crippen molar-refractivity contribution in [1.29, 1.82) is 0 Å². The van der Waals surface area contributed by atoms with Gasteiger partial charge in [-0.05, 0) is 23.9 Å². The number of alkyl halides is 1. The van der Waals surface area contributed by atoms with Gasteiger partial charge in [0.1, 0.15) is 4.16 Å². The molecule has 15 heavy (non-hydrogen) atoms. The molecule has 0 N–H and O–H groups in total. The van der Waals surface area contributed by atoms with Gasteiger partial charge in [-0.3, -0.25) is 0 Å². The summed E-state index contributed by atoms with van der Waals surface area (Å²) in [6.45, 7) is 1.06. The number of nitrogens with zero attached hydrogens (tertiary/aromatic N) is 1. The highest BCUT2D eigenvalue weighted by Crippen LogP contribution is 2.31. The van der Waals surface area contributed by atoms with E-state index in [2.05, 4.69) is 56.9 Å². The van der Waals surface area contributed by atoms with Gasteiger partial charge in [0.2, 0.25) is 10.5 Å². The lowest BCUT2D eigenvalue weighted by atomic mass is 10.2. The molecular formula is C11H9Br2NS. The number of hydrogen-bond acceptors (Lipinski definition) is 1. The van der Waals surface area contributed by atoms with E-state index in [4.69, 9.17) is 0 Å². The monoisotopic (exact) mass is 345 g/mol. The Hall–Kier alpha value is -0.0600. The minimum Gasteiger partial charge on any atom is -1.00 e. The molecule has 78 valence electrons. The van der Waals surface area contributed by atoms with E-state index in [1.54, 1.807) is 0 Å². The Morgan fingerprint density at radius 3 is 2.87 bits per heavy atom. The first kappa shape index (κ1) is 11.4. The van der Waals surface area contributed by atoms with Crippen molar-refractivity contribution < 1.29 is 21.5 Å². The molecule has 1 atom stereocenters. The van der Waals surface area contributed by atoms with Crippen LogP contribution < -0.4 is 21.5 Å². The minimum atomic E-state index is 0. The molecule has 3 rings (SSSR count). The lowest BCUT2D eigenvalue weighted by Gasteiger charge is -1.97. The molecule has 0 saturated carbocycles. The normalized spacial score (nSPS) is 18.6. The van der Waals surface area contributed by atoms with Gasteiger partial charge in [-0.1, -0.05) is 28.1 Å². The number of pyridine rings is 1. The first-order chi connectivity index (χ1) is 6.84. The molecule has 2 aromatic rings. The van der Waals surface area contributed by atoms with E-state index in [1.807, 2.05) is 11.8 Å². The third-order valence-corrected chi connectivity index (χ3v) is 4.33. The summed E-state index contributed by atoms with van der Waals surface area (Å²) in [5, 5.41) is 2.67. The van der Waals surface area contributed by atoms with Crippen LogP contribution in [0.4, 0.5) is 0 Å². The highest BCUT2D eigenvalue weighted by atomic mass is 79.9. The standard InChI is InChI=1S/C11H9BrNS.BrH/c12-10-7-13-9-4-2-1-3-8(9)5-6-11(13)14-10;/h1-6,10H,7H2;1H/q+1;/p-1. The number of benzene rings is 1. The maximum absolute atomic E-state index is 3.65. The highest BCUT2D eigenvalue weighted by molar-refractivity contribution is 9.11. The number of halogens is 2. The molecule has 1 unspecified atom stereocenters. The summed E-state index contributed by atoms with van der Waals surface area (Å²) in [6.07, 6.45) is 0. The van der Waals surface area contributed by atoms with Crippen LogP contribution in [0.2, 0.25) is 0 Å². The van der Waals surface area contributed by atoms with Crippen molar-refractivity contribution in [2.75, 3.05) is 0 Å². The third kappa shape index (κ3) is 1.95. The van der Waals surface area contributed by atoms with Crippen molar-refractivity contribution in [3.05, 3.63) is 36.4 Å². The molecule has 0 amide bonds. The van der Waals surface area contributed by atoms with E-state index < -0.39 is 0 Å². The molecule has 0 fully saturated rings. The van der Waals surface area contributed by atoms with Crippen LogP contribution in [0.3, 0.4) is 0 Å². The van der Waals surface area contributed by atoms with Crippen molar-refractivity contribution in [2.24, 2.45) is 0 Å². The number of hydrogen-bond donors (Lipinski definition) is 0. The van der Waals surface area contributed by atoms with Crippen LogP contribution in [-0.2, 0) is 6.54 Å². The van der Waals surface area contributed by atoms with E-state index in [0.29, 0.717) is 4.16 Å². The molecule has 0 saturated heterocycles. The maximum Gasteiger partial charge on any atom is 0.241 e. The van der Waals surface area contributed by atoms with Gasteiger partial charge in [0, 0.05) is 17.5 Å². The van der Waals surface area contributed by atoms with Crippen LogP contribution in [-0.4, -0.2) is 4.16 Å². The maximum atomic E-state index is 3.65. The van der Waals surface area contributed by atoms with E-state index in [9.17, 15) is 0 Å². The van der Waals surface area contributed by atoms with Crippen LogP contribution in [0, 0.1) is 0 Å². The lowest BCUT2D eigenvalue weighted by molar-refractivity contribution is -0.699. The molecule has 0 bridgehead atoms. The molecule has 1 nitrogen and oxygen atoms in total. The number of rotatable bonds is 0. The van der Waals surface area contributed by atoms with Crippen molar-refractivity contribution in [3.63, 3.8) is 0 Å². The van der Waals surface area contributed by atoms with Crippen molar-refractivity contribution in [3.8, 4) is 0 Å². The quantitative estimate of drug-likeness (QED) is 0.478. The largest absolute Gasteiger partial charge is 1.00 e. The fourth-order valence-corrected chi connectivity index (χ4v) is 3.64. The molecule has 0 spiro atoms. The zero-order valence-corrected chi connectivity index (χ0v) is 11.8. The summed E-state index contributed by atoms with van der Waals surface area (Å²) >= 11 is 5.53. The zero-order chi connectivity index (χ0) is 9.54.